The minimum atomic E-state index is -1.80. The van der Waals surface area contributed by atoms with Crippen LogP contribution < -0.4 is 5.32 Å². The van der Waals surface area contributed by atoms with Gasteiger partial charge in [0.15, 0.2) is 12.6 Å². The molecule has 9 N–H and O–H groups in total. The molecule has 2 heterocycles. The molecule has 0 spiro atoms. The Morgan fingerprint density at radius 2 is 0.824 bits per heavy atom. The van der Waals surface area contributed by atoms with Crippen LogP contribution in [-0.2, 0) is 23.7 Å². The van der Waals surface area contributed by atoms with E-state index in [-0.39, 0.29) is 18.9 Å². The highest BCUT2D eigenvalue weighted by Crippen LogP contribution is 2.30. The van der Waals surface area contributed by atoms with E-state index in [1.807, 2.05) is 6.08 Å². The van der Waals surface area contributed by atoms with Gasteiger partial charge in [-0.1, -0.05) is 231 Å². The maximum atomic E-state index is 13.3. The third kappa shape index (κ3) is 38.9. The second kappa shape index (κ2) is 54.3. The molecule has 2 rings (SSSR count). The van der Waals surface area contributed by atoms with E-state index in [0.29, 0.717) is 12.8 Å². The topological polar surface area (TPSA) is 228 Å². The van der Waals surface area contributed by atoms with Crippen LogP contribution in [0.4, 0.5) is 0 Å². The molecule has 1 amide bonds. The van der Waals surface area contributed by atoms with Gasteiger partial charge in [-0.25, -0.2) is 0 Å². The van der Waals surface area contributed by atoms with Crippen LogP contribution in [0, 0.1) is 0 Å². The summed E-state index contributed by atoms with van der Waals surface area (Å²) < 4.78 is 22.8. The Labute approximate surface area is 513 Å². The number of rotatable bonds is 51. The van der Waals surface area contributed by atoms with Crippen LogP contribution in [0.25, 0.3) is 0 Å². The molecule has 0 aromatic carbocycles. The summed E-state index contributed by atoms with van der Waals surface area (Å²) >= 11 is 0. The maximum absolute atomic E-state index is 13.3. The van der Waals surface area contributed by atoms with Crippen LogP contribution >= 0.6 is 0 Å². The first-order valence-electron chi connectivity index (χ1n) is 32.9. The van der Waals surface area contributed by atoms with Crippen LogP contribution in [0.15, 0.2) is 134 Å². The van der Waals surface area contributed by atoms with E-state index in [4.69, 9.17) is 18.9 Å². The molecule has 0 aliphatic carbocycles. The number of carbonyl (C=O) groups is 1. The lowest BCUT2D eigenvalue weighted by molar-refractivity contribution is -0.359. The molecule has 0 radical (unpaired) electrons. The third-order valence-corrected chi connectivity index (χ3v) is 15.0. The molecular formula is C71H117NO13. The first-order chi connectivity index (χ1) is 41.6. The zero-order valence-corrected chi connectivity index (χ0v) is 52.3. The summed E-state index contributed by atoms with van der Waals surface area (Å²) in [4.78, 5) is 13.3. The summed E-state index contributed by atoms with van der Waals surface area (Å²) in [6.07, 6.45) is 63.4. The standard InChI is InChI=1S/C71H117NO13/c1-3-5-7-9-11-13-15-17-19-21-23-25-26-27-28-29-30-31-32-33-34-35-37-39-41-43-45-47-49-51-53-55-63(76)72-59(60(75)54-52-50-48-46-44-42-40-38-36-24-22-20-18-16-14-12-10-8-6-4-2)58-82-70-68(81)66(79)69(62(57-74)84-70)85-71-67(80)65(78)64(77)61(56-73)83-71/h5,7,11,13,17,19,23,25,27-28,30-31,33-34,36-39,44,46,52,54,59-62,64-71,73-75,77-81H,3-4,6,8-10,12,14-16,18,20-22,24,26,29,32,35,40-43,45,47-51,53,55-58H2,1-2H3,(H,72,76)/b7-5-,13-11-,19-17-,25-23-,28-27-,31-30-,34-33-,38-36+,39-37-,46-44+,54-52+. The third-order valence-electron chi connectivity index (χ3n) is 15.0. The lowest BCUT2D eigenvalue weighted by Gasteiger charge is -2.46. The fourth-order valence-electron chi connectivity index (χ4n) is 9.81. The number of hydrogen-bond donors (Lipinski definition) is 9. The number of unbranched alkanes of at least 4 members (excludes halogenated alkanes) is 18. The first-order valence-corrected chi connectivity index (χ1v) is 32.9. The van der Waals surface area contributed by atoms with Gasteiger partial charge in [-0.15, -0.1) is 0 Å². The maximum Gasteiger partial charge on any atom is 0.220 e. The molecule has 12 unspecified atom stereocenters. The van der Waals surface area contributed by atoms with Crippen molar-refractivity contribution in [3.05, 3.63) is 134 Å². The predicted molar refractivity (Wildman–Crippen MR) is 345 cm³/mol. The van der Waals surface area contributed by atoms with Crippen molar-refractivity contribution in [2.45, 2.75) is 286 Å². The second-order valence-electron chi connectivity index (χ2n) is 22.5. The van der Waals surface area contributed by atoms with Gasteiger partial charge >= 0.3 is 0 Å². The Balaban J connectivity index is 1.75. The molecule has 2 aliphatic heterocycles. The van der Waals surface area contributed by atoms with E-state index in [1.54, 1.807) is 6.08 Å². The summed E-state index contributed by atoms with van der Waals surface area (Å²) in [5.74, 6) is -0.274. The molecular weight excluding hydrogens is 1070 g/mol. The quantitative estimate of drug-likeness (QED) is 0.0204. The van der Waals surface area contributed by atoms with Gasteiger partial charge in [-0.2, -0.15) is 0 Å². The lowest BCUT2D eigenvalue weighted by atomic mass is 9.97. The monoisotopic (exact) mass is 1190 g/mol. The van der Waals surface area contributed by atoms with Crippen molar-refractivity contribution in [3.63, 3.8) is 0 Å². The number of ether oxygens (including phenoxy) is 4. The number of aliphatic hydroxyl groups excluding tert-OH is 8. The average Bonchev–Trinajstić information content (AvgIpc) is 3.68. The van der Waals surface area contributed by atoms with Crippen molar-refractivity contribution in [2.24, 2.45) is 0 Å². The molecule has 0 aromatic heterocycles. The number of hydrogen-bond acceptors (Lipinski definition) is 13. The van der Waals surface area contributed by atoms with Gasteiger partial charge in [0.25, 0.3) is 0 Å². The molecule has 2 saturated heterocycles. The molecule has 14 nitrogen and oxygen atoms in total. The van der Waals surface area contributed by atoms with E-state index in [2.05, 4.69) is 141 Å². The lowest BCUT2D eigenvalue weighted by Crippen LogP contribution is -2.65. The summed E-state index contributed by atoms with van der Waals surface area (Å²) in [5.41, 5.74) is 0. The van der Waals surface area contributed by atoms with Crippen molar-refractivity contribution in [3.8, 4) is 0 Å². The van der Waals surface area contributed by atoms with Gasteiger partial charge in [-0.05, 0) is 109 Å². The zero-order valence-electron chi connectivity index (χ0n) is 52.3. The largest absolute Gasteiger partial charge is 0.394 e. The van der Waals surface area contributed by atoms with Crippen LogP contribution in [-0.4, -0.2) is 140 Å². The number of amides is 1. The Morgan fingerprint density at radius 1 is 0.435 bits per heavy atom. The van der Waals surface area contributed by atoms with Crippen molar-refractivity contribution >= 4 is 5.91 Å². The van der Waals surface area contributed by atoms with Crippen molar-refractivity contribution < 1.29 is 64.6 Å². The fraction of sp³-hybridized carbons (Fsp3) is 0.676. The van der Waals surface area contributed by atoms with Gasteiger partial charge in [-0.3, -0.25) is 4.79 Å². The Morgan fingerprint density at radius 3 is 1.29 bits per heavy atom. The molecule has 2 fully saturated rings. The van der Waals surface area contributed by atoms with Gasteiger partial charge < -0.3 is 65.1 Å². The fourth-order valence-corrected chi connectivity index (χ4v) is 9.81. The number of allylic oxidation sites excluding steroid dienone is 21. The molecule has 0 bridgehead atoms. The molecule has 0 saturated carbocycles. The minimum absolute atomic E-state index is 0.243. The number of aliphatic hydroxyl groups is 8. The van der Waals surface area contributed by atoms with E-state index in [9.17, 15) is 45.6 Å². The smallest absolute Gasteiger partial charge is 0.220 e. The van der Waals surface area contributed by atoms with E-state index in [1.165, 1.54) is 64.2 Å². The van der Waals surface area contributed by atoms with E-state index < -0.39 is 86.8 Å². The van der Waals surface area contributed by atoms with Crippen molar-refractivity contribution in [1.29, 1.82) is 0 Å². The zero-order chi connectivity index (χ0) is 61.6. The highest BCUT2D eigenvalue weighted by Gasteiger charge is 2.51. The molecule has 14 heteroatoms. The highest BCUT2D eigenvalue weighted by atomic mass is 16.7. The SMILES string of the molecule is CC/C=C\C/C=C\C/C=C\C/C=C\C/C=C\C/C=C\C/C=C\C/C=C\CCCCCCCCC(=O)NC(COC1OC(CO)C(OC2OC(CO)C(O)C(O)C2O)C(O)C1O)C(O)/C=C/CC/C=C/CC/C=C/CCCCCCCCCCCC. The van der Waals surface area contributed by atoms with Crippen molar-refractivity contribution in [1.82, 2.24) is 5.32 Å². The van der Waals surface area contributed by atoms with Gasteiger partial charge in [0.1, 0.15) is 48.8 Å². The summed E-state index contributed by atoms with van der Waals surface area (Å²) in [5, 5.41) is 87.3. The normalized spacial score (nSPS) is 24.4. The Bertz CT molecular complexity index is 1940. The van der Waals surface area contributed by atoms with Crippen LogP contribution in [0.3, 0.4) is 0 Å². The molecule has 12 atom stereocenters. The molecule has 2 aliphatic rings. The highest BCUT2D eigenvalue weighted by molar-refractivity contribution is 5.76. The second-order valence-corrected chi connectivity index (χ2v) is 22.5. The van der Waals surface area contributed by atoms with Gasteiger partial charge in [0, 0.05) is 6.42 Å². The summed E-state index contributed by atoms with van der Waals surface area (Å²) in [6, 6.07) is -0.957. The van der Waals surface area contributed by atoms with Crippen LogP contribution in [0.2, 0.25) is 0 Å². The first kappa shape index (κ1) is 77.2. The Hall–Kier alpha value is -3.87. The van der Waals surface area contributed by atoms with Crippen molar-refractivity contribution in [2.75, 3.05) is 19.8 Å². The molecule has 484 valence electrons. The van der Waals surface area contributed by atoms with Crippen LogP contribution in [0.1, 0.15) is 213 Å². The van der Waals surface area contributed by atoms with Gasteiger partial charge in [0.2, 0.25) is 5.91 Å². The molecule has 0 aromatic rings. The average molecular weight is 1190 g/mol. The summed E-state index contributed by atoms with van der Waals surface area (Å²) in [6.45, 7) is 2.64. The minimum Gasteiger partial charge on any atom is -0.394 e. The van der Waals surface area contributed by atoms with E-state index in [0.717, 1.165) is 116 Å². The van der Waals surface area contributed by atoms with E-state index >= 15 is 0 Å². The number of nitrogens with one attached hydrogen (secondary N) is 1. The Kier molecular flexibility index (Phi) is 49.3. The van der Waals surface area contributed by atoms with Gasteiger partial charge in [0.05, 0.1) is 32.0 Å². The molecule has 85 heavy (non-hydrogen) atoms. The predicted octanol–water partition coefficient (Wildman–Crippen LogP) is 12.7. The summed E-state index contributed by atoms with van der Waals surface area (Å²) in [7, 11) is 0. The number of carbonyl (C=O) groups excluding carboxylic acids is 1. The van der Waals surface area contributed by atoms with Crippen LogP contribution in [0.5, 0.6) is 0 Å².